The highest BCUT2D eigenvalue weighted by molar-refractivity contribution is 5.72. The Kier molecular flexibility index (Phi) is 6.47. The average molecular weight is 286 g/mol. The molecule has 0 bridgehead atoms. The van der Waals surface area contributed by atoms with Crippen molar-refractivity contribution in [1.29, 1.82) is 0 Å². The molecule has 3 heteroatoms. The van der Waals surface area contributed by atoms with Crippen LogP contribution in [0, 0.1) is 6.92 Å². The summed E-state index contributed by atoms with van der Waals surface area (Å²) in [4.78, 5) is 10.7. The summed E-state index contributed by atoms with van der Waals surface area (Å²) in [7, 11) is 0. The zero-order valence-corrected chi connectivity index (χ0v) is 13.0. The zero-order chi connectivity index (χ0) is 15.8. The molecule has 0 saturated carbocycles. The van der Waals surface area contributed by atoms with E-state index in [1.54, 1.807) is 12.1 Å². The van der Waals surface area contributed by atoms with Crippen LogP contribution in [0.25, 0.3) is 11.1 Å². The summed E-state index contributed by atoms with van der Waals surface area (Å²) in [5.74, 6) is -0.409. The molecule has 21 heavy (non-hydrogen) atoms. The lowest BCUT2D eigenvalue weighted by Crippen LogP contribution is -2.22. The van der Waals surface area contributed by atoms with Crippen LogP contribution < -0.4 is 4.74 Å². The Balaban J connectivity index is 0.00000106. The molecular weight excluding hydrogens is 264 g/mol. The number of aryl methyl sites for hydroxylation is 1. The number of carboxylic acids is 1. The fraction of sp³-hybridized carbons (Fsp3) is 0.278. The van der Waals surface area contributed by atoms with E-state index >= 15 is 0 Å². The molecule has 1 unspecified atom stereocenters. The summed E-state index contributed by atoms with van der Waals surface area (Å²) in [6.45, 7) is 7.56. The first kappa shape index (κ1) is 16.8. The highest BCUT2D eigenvalue weighted by atomic mass is 16.5. The molecule has 0 aliphatic carbocycles. The van der Waals surface area contributed by atoms with Crippen molar-refractivity contribution in [1.82, 2.24) is 0 Å². The number of rotatable bonds is 4. The van der Waals surface area contributed by atoms with E-state index in [1.165, 1.54) is 12.5 Å². The number of benzene rings is 2. The van der Waals surface area contributed by atoms with Gasteiger partial charge in [-0.15, -0.1) is 0 Å². The fourth-order valence-electron chi connectivity index (χ4n) is 1.73. The Hall–Kier alpha value is -2.29. The summed E-state index contributed by atoms with van der Waals surface area (Å²) >= 11 is 0. The van der Waals surface area contributed by atoms with E-state index in [0.717, 1.165) is 11.1 Å². The summed E-state index contributed by atoms with van der Waals surface area (Å²) in [5.41, 5.74) is 3.43. The third-order valence-corrected chi connectivity index (χ3v) is 2.90. The van der Waals surface area contributed by atoms with Gasteiger partial charge in [0.15, 0.2) is 6.10 Å². The van der Waals surface area contributed by atoms with Gasteiger partial charge in [0.2, 0.25) is 0 Å². The largest absolute Gasteiger partial charge is 0.479 e. The maximum atomic E-state index is 10.7. The van der Waals surface area contributed by atoms with Crippen molar-refractivity contribution >= 4 is 5.97 Å². The van der Waals surface area contributed by atoms with Gasteiger partial charge in [0.05, 0.1) is 0 Å². The Morgan fingerprint density at radius 3 is 1.81 bits per heavy atom. The molecule has 0 amide bonds. The molecule has 3 nitrogen and oxygen atoms in total. The van der Waals surface area contributed by atoms with Crippen LogP contribution in [0.2, 0.25) is 0 Å². The molecule has 0 radical (unpaired) electrons. The number of aliphatic carboxylic acids is 1. The predicted molar refractivity (Wildman–Crippen MR) is 85.7 cm³/mol. The Morgan fingerprint density at radius 2 is 1.38 bits per heavy atom. The normalized spacial score (nSPS) is 11.0. The lowest BCUT2D eigenvalue weighted by atomic mass is 10.0. The predicted octanol–water partition coefficient (Wildman–Crippen LogP) is 4.54. The Bertz CT molecular complexity index is 556. The molecule has 0 aromatic heterocycles. The number of hydrogen-bond donors (Lipinski definition) is 1. The van der Waals surface area contributed by atoms with Gasteiger partial charge in [0.1, 0.15) is 5.75 Å². The van der Waals surface area contributed by atoms with E-state index in [4.69, 9.17) is 9.84 Å². The summed E-state index contributed by atoms with van der Waals surface area (Å²) in [5, 5.41) is 8.78. The standard InChI is InChI=1S/C16H16O3.C2H6/c1-11-3-5-13(6-4-11)14-7-9-15(10-8-14)19-12(2)16(17)18;1-2/h3-10,12H,1-2H3,(H,17,18);1-2H3. The second-order valence-corrected chi connectivity index (χ2v) is 4.49. The maximum absolute atomic E-state index is 10.7. The van der Waals surface area contributed by atoms with E-state index in [9.17, 15) is 4.79 Å². The van der Waals surface area contributed by atoms with Gasteiger partial charge in [-0.2, -0.15) is 0 Å². The third-order valence-electron chi connectivity index (χ3n) is 2.90. The van der Waals surface area contributed by atoms with Crippen LogP contribution >= 0.6 is 0 Å². The molecule has 0 aliphatic heterocycles. The van der Waals surface area contributed by atoms with Crippen molar-refractivity contribution in [2.45, 2.75) is 33.8 Å². The minimum atomic E-state index is -0.970. The molecule has 0 aliphatic rings. The number of carbonyl (C=O) groups is 1. The second-order valence-electron chi connectivity index (χ2n) is 4.49. The van der Waals surface area contributed by atoms with E-state index in [2.05, 4.69) is 24.3 Å². The molecule has 0 fully saturated rings. The smallest absolute Gasteiger partial charge is 0.344 e. The van der Waals surface area contributed by atoms with E-state index in [0.29, 0.717) is 5.75 Å². The summed E-state index contributed by atoms with van der Waals surface area (Å²) in [6.07, 6.45) is -0.842. The number of hydrogen-bond acceptors (Lipinski definition) is 2. The van der Waals surface area contributed by atoms with Crippen molar-refractivity contribution in [2.24, 2.45) is 0 Å². The van der Waals surface area contributed by atoms with Crippen LogP contribution in [0.15, 0.2) is 48.5 Å². The van der Waals surface area contributed by atoms with Gasteiger partial charge in [-0.25, -0.2) is 4.79 Å². The van der Waals surface area contributed by atoms with Crippen molar-refractivity contribution in [3.05, 3.63) is 54.1 Å². The van der Waals surface area contributed by atoms with E-state index in [-0.39, 0.29) is 0 Å². The van der Waals surface area contributed by atoms with Crippen LogP contribution in [0.1, 0.15) is 26.3 Å². The SMILES string of the molecule is CC.Cc1ccc(-c2ccc(OC(C)C(=O)O)cc2)cc1. The van der Waals surface area contributed by atoms with Crippen molar-refractivity contribution in [2.75, 3.05) is 0 Å². The fourth-order valence-corrected chi connectivity index (χ4v) is 1.73. The topological polar surface area (TPSA) is 46.5 Å². The summed E-state index contributed by atoms with van der Waals surface area (Å²) in [6, 6.07) is 15.7. The maximum Gasteiger partial charge on any atom is 0.344 e. The number of carboxylic acid groups (broad SMARTS) is 1. The lowest BCUT2D eigenvalue weighted by molar-refractivity contribution is -0.144. The average Bonchev–Trinajstić information content (AvgIpc) is 2.51. The molecule has 1 atom stereocenters. The minimum absolute atomic E-state index is 0.561. The van der Waals surface area contributed by atoms with Gasteiger partial charge in [0.25, 0.3) is 0 Å². The molecule has 112 valence electrons. The molecule has 0 heterocycles. The van der Waals surface area contributed by atoms with Gasteiger partial charge in [0, 0.05) is 0 Å². The van der Waals surface area contributed by atoms with Crippen LogP contribution in [-0.2, 0) is 4.79 Å². The molecule has 2 aromatic carbocycles. The van der Waals surface area contributed by atoms with Crippen LogP contribution in [0.5, 0.6) is 5.75 Å². The monoisotopic (exact) mass is 286 g/mol. The van der Waals surface area contributed by atoms with Gasteiger partial charge in [-0.3, -0.25) is 0 Å². The van der Waals surface area contributed by atoms with Crippen LogP contribution in [-0.4, -0.2) is 17.2 Å². The first-order valence-corrected chi connectivity index (χ1v) is 7.13. The molecule has 2 aromatic rings. The Labute approximate surface area is 126 Å². The van der Waals surface area contributed by atoms with Gasteiger partial charge < -0.3 is 9.84 Å². The third kappa shape index (κ3) is 4.95. The first-order chi connectivity index (χ1) is 10.1. The Morgan fingerprint density at radius 1 is 0.952 bits per heavy atom. The first-order valence-electron chi connectivity index (χ1n) is 7.13. The summed E-state index contributed by atoms with van der Waals surface area (Å²) < 4.78 is 5.29. The molecular formula is C18H22O3. The molecule has 2 rings (SSSR count). The molecule has 1 N–H and O–H groups in total. The van der Waals surface area contributed by atoms with Gasteiger partial charge in [-0.1, -0.05) is 55.8 Å². The van der Waals surface area contributed by atoms with Gasteiger partial charge >= 0.3 is 5.97 Å². The highest BCUT2D eigenvalue weighted by Crippen LogP contribution is 2.23. The number of ether oxygens (including phenoxy) is 1. The van der Waals surface area contributed by atoms with E-state index in [1.807, 2.05) is 32.9 Å². The minimum Gasteiger partial charge on any atom is -0.479 e. The highest BCUT2D eigenvalue weighted by Gasteiger charge is 2.12. The quantitative estimate of drug-likeness (QED) is 0.897. The van der Waals surface area contributed by atoms with Crippen molar-refractivity contribution in [3.63, 3.8) is 0 Å². The van der Waals surface area contributed by atoms with E-state index < -0.39 is 12.1 Å². The molecule has 0 spiro atoms. The zero-order valence-electron chi connectivity index (χ0n) is 13.0. The van der Waals surface area contributed by atoms with Crippen LogP contribution in [0.3, 0.4) is 0 Å². The van der Waals surface area contributed by atoms with Crippen molar-refractivity contribution in [3.8, 4) is 16.9 Å². The van der Waals surface area contributed by atoms with Gasteiger partial charge in [-0.05, 0) is 37.1 Å². The van der Waals surface area contributed by atoms with Crippen LogP contribution in [0.4, 0.5) is 0 Å². The second kappa shape index (κ2) is 8.10. The lowest BCUT2D eigenvalue weighted by Gasteiger charge is -2.10. The molecule has 0 saturated heterocycles. The van der Waals surface area contributed by atoms with Crippen molar-refractivity contribution < 1.29 is 14.6 Å².